The van der Waals surface area contributed by atoms with Crippen molar-refractivity contribution in [3.05, 3.63) is 34.9 Å². The molecule has 1 aromatic rings. The van der Waals surface area contributed by atoms with E-state index < -0.39 is 0 Å². The van der Waals surface area contributed by atoms with Crippen LogP contribution in [0.4, 0.5) is 4.79 Å². The van der Waals surface area contributed by atoms with Crippen molar-refractivity contribution in [1.29, 1.82) is 0 Å². The first-order chi connectivity index (χ1) is 10.9. The second-order valence-corrected chi connectivity index (χ2v) is 7.26. The Morgan fingerprint density at radius 1 is 1.26 bits per heavy atom. The number of hydrogen-bond acceptors (Lipinski definition) is 3. The molecule has 1 unspecified atom stereocenters. The van der Waals surface area contributed by atoms with Crippen LogP contribution in [-0.4, -0.2) is 34.3 Å². The number of carbonyl (C=O) groups is 1. The zero-order chi connectivity index (χ0) is 16.6. The molecule has 3 rings (SSSR count). The predicted molar refractivity (Wildman–Crippen MR) is 89.3 cm³/mol. The molecule has 1 N–H and O–H groups in total. The number of amides is 1. The minimum atomic E-state index is -0.339. The highest BCUT2D eigenvalue weighted by molar-refractivity contribution is 5.70. The Morgan fingerprint density at radius 2 is 1.96 bits per heavy atom. The Balaban J connectivity index is 1.73. The Kier molecular flexibility index (Phi) is 4.37. The lowest BCUT2D eigenvalue weighted by atomic mass is 9.80. The van der Waals surface area contributed by atoms with Crippen molar-refractivity contribution in [2.24, 2.45) is 0 Å². The van der Waals surface area contributed by atoms with E-state index in [0.717, 1.165) is 38.6 Å². The Labute approximate surface area is 138 Å². The molecular weight excluding hydrogens is 290 g/mol. The van der Waals surface area contributed by atoms with Crippen LogP contribution in [0.25, 0.3) is 0 Å². The molecule has 1 aliphatic carbocycles. The fraction of sp³-hybridized carbons (Fsp3) is 0.632. The maximum atomic E-state index is 12.6. The number of ether oxygens (including phenoxy) is 1. The minimum absolute atomic E-state index is 0.0222. The zero-order valence-electron chi connectivity index (χ0n) is 14.3. The van der Waals surface area contributed by atoms with E-state index >= 15 is 0 Å². The average molecular weight is 317 g/mol. The standard InChI is InChI=1S/C19H27NO3/c1-13-4-5-14(2)17(12-13)15(3)20-11-10-19(23-18(20)22)8-6-16(21)7-9-19/h4-5,12,15-16,21H,6-11H2,1-3H3. The van der Waals surface area contributed by atoms with Crippen LogP contribution in [0.3, 0.4) is 0 Å². The van der Waals surface area contributed by atoms with Crippen LogP contribution in [0.5, 0.6) is 0 Å². The smallest absolute Gasteiger partial charge is 0.410 e. The van der Waals surface area contributed by atoms with E-state index in [2.05, 4.69) is 39.0 Å². The second kappa shape index (κ2) is 6.16. The SMILES string of the molecule is Cc1ccc(C)c(C(C)N2CCC3(CCC(O)CC3)OC2=O)c1. The molecule has 23 heavy (non-hydrogen) atoms. The average Bonchev–Trinajstić information content (AvgIpc) is 2.52. The van der Waals surface area contributed by atoms with Crippen LogP contribution in [0.2, 0.25) is 0 Å². The highest BCUT2D eigenvalue weighted by Crippen LogP contribution is 2.40. The largest absolute Gasteiger partial charge is 0.443 e. The van der Waals surface area contributed by atoms with Crippen molar-refractivity contribution >= 4 is 6.09 Å². The van der Waals surface area contributed by atoms with Gasteiger partial charge in [0.1, 0.15) is 5.60 Å². The summed E-state index contributed by atoms with van der Waals surface area (Å²) in [6.07, 6.45) is 3.46. The van der Waals surface area contributed by atoms with E-state index in [0.29, 0.717) is 0 Å². The van der Waals surface area contributed by atoms with Crippen molar-refractivity contribution in [2.45, 2.75) is 70.6 Å². The van der Waals surface area contributed by atoms with Gasteiger partial charge in [-0.25, -0.2) is 4.79 Å². The first kappa shape index (κ1) is 16.3. The highest BCUT2D eigenvalue weighted by atomic mass is 16.6. The summed E-state index contributed by atoms with van der Waals surface area (Å²) in [7, 11) is 0. The molecule has 1 aliphatic heterocycles. The molecule has 1 saturated carbocycles. The van der Waals surface area contributed by atoms with Crippen LogP contribution >= 0.6 is 0 Å². The zero-order valence-corrected chi connectivity index (χ0v) is 14.3. The van der Waals surface area contributed by atoms with Gasteiger partial charge in [-0.1, -0.05) is 23.8 Å². The van der Waals surface area contributed by atoms with E-state index in [1.165, 1.54) is 16.7 Å². The highest BCUT2D eigenvalue weighted by Gasteiger charge is 2.44. The molecule has 1 saturated heterocycles. The number of aryl methyl sites for hydroxylation is 2. The first-order valence-corrected chi connectivity index (χ1v) is 8.65. The van der Waals surface area contributed by atoms with Gasteiger partial charge < -0.3 is 14.7 Å². The molecular formula is C19H27NO3. The van der Waals surface area contributed by atoms with Gasteiger partial charge >= 0.3 is 6.09 Å². The van der Waals surface area contributed by atoms with Gasteiger partial charge in [0.05, 0.1) is 12.1 Å². The van der Waals surface area contributed by atoms with Crippen LogP contribution in [0, 0.1) is 13.8 Å². The summed E-state index contributed by atoms with van der Waals surface area (Å²) >= 11 is 0. The van der Waals surface area contributed by atoms with Crippen LogP contribution < -0.4 is 0 Å². The molecule has 0 radical (unpaired) electrons. The van der Waals surface area contributed by atoms with Crippen LogP contribution in [0.1, 0.15) is 61.8 Å². The van der Waals surface area contributed by atoms with Gasteiger partial charge in [0.25, 0.3) is 0 Å². The van der Waals surface area contributed by atoms with Gasteiger partial charge in [-0.15, -0.1) is 0 Å². The van der Waals surface area contributed by atoms with Crippen LogP contribution in [-0.2, 0) is 4.74 Å². The summed E-state index contributed by atoms with van der Waals surface area (Å²) in [5, 5.41) is 9.68. The number of nitrogens with zero attached hydrogens (tertiary/aromatic N) is 1. The molecule has 1 amide bonds. The molecule has 1 atom stereocenters. The van der Waals surface area contributed by atoms with Crippen molar-refractivity contribution in [3.8, 4) is 0 Å². The van der Waals surface area contributed by atoms with Gasteiger partial charge in [-0.3, -0.25) is 0 Å². The van der Waals surface area contributed by atoms with E-state index in [1.807, 2.05) is 4.90 Å². The summed E-state index contributed by atoms with van der Waals surface area (Å²) in [4.78, 5) is 14.4. The fourth-order valence-electron chi connectivity index (χ4n) is 3.92. The fourth-order valence-corrected chi connectivity index (χ4v) is 3.92. The van der Waals surface area contributed by atoms with Gasteiger partial charge in [0.2, 0.25) is 0 Å². The topological polar surface area (TPSA) is 49.8 Å². The van der Waals surface area contributed by atoms with E-state index in [-0.39, 0.29) is 23.8 Å². The van der Waals surface area contributed by atoms with Crippen molar-refractivity contribution in [1.82, 2.24) is 4.90 Å². The third kappa shape index (κ3) is 3.23. The number of benzene rings is 1. The monoisotopic (exact) mass is 317 g/mol. The van der Waals surface area contributed by atoms with Crippen molar-refractivity contribution in [3.63, 3.8) is 0 Å². The third-order valence-corrected chi connectivity index (χ3v) is 5.57. The molecule has 2 fully saturated rings. The summed E-state index contributed by atoms with van der Waals surface area (Å²) < 4.78 is 5.86. The number of hydrogen-bond donors (Lipinski definition) is 1. The lowest BCUT2D eigenvalue weighted by Crippen LogP contribution is -2.52. The molecule has 0 bridgehead atoms. The Hall–Kier alpha value is -1.55. The quantitative estimate of drug-likeness (QED) is 0.900. The third-order valence-electron chi connectivity index (χ3n) is 5.57. The van der Waals surface area contributed by atoms with E-state index in [4.69, 9.17) is 4.74 Å². The molecule has 0 aromatic heterocycles. The molecule has 1 aromatic carbocycles. The summed E-state index contributed by atoms with van der Waals surface area (Å²) in [5.41, 5.74) is 3.27. The van der Waals surface area contributed by atoms with E-state index in [9.17, 15) is 9.90 Å². The molecule has 2 aliphatic rings. The number of aliphatic hydroxyl groups excluding tert-OH is 1. The molecule has 1 heterocycles. The second-order valence-electron chi connectivity index (χ2n) is 7.26. The van der Waals surface area contributed by atoms with Gasteiger partial charge in [-0.2, -0.15) is 0 Å². The van der Waals surface area contributed by atoms with Gasteiger partial charge in [-0.05, 0) is 57.6 Å². The van der Waals surface area contributed by atoms with Crippen LogP contribution in [0.15, 0.2) is 18.2 Å². The maximum Gasteiger partial charge on any atom is 0.410 e. The molecule has 4 nitrogen and oxygen atoms in total. The molecule has 4 heteroatoms. The lowest BCUT2D eigenvalue weighted by molar-refractivity contribution is -0.0908. The Bertz CT molecular complexity index is 590. The number of aliphatic hydroxyl groups is 1. The van der Waals surface area contributed by atoms with E-state index in [1.54, 1.807) is 0 Å². The Morgan fingerprint density at radius 3 is 2.61 bits per heavy atom. The summed E-state index contributed by atoms with van der Waals surface area (Å²) in [5.74, 6) is 0. The summed E-state index contributed by atoms with van der Waals surface area (Å²) in [6.45, 7) is 6.96. The minimum Gasteiger partial charge on any atom is -0.443 e. The summed E-state index contributed by atoms with van der Waals surface area (Å²) in [6, 6.07) is 6.39. The maximum absolute atomic E-state index is 12.6. The number of rotatable bonds is 2. The number of carbonyl (C=O) groups excluding carboxylic acids is 1. The molecule has 1 spiro atoms. The first-order valence-electron chi connectivity index (χ1n) is 8.65. The lowest BCUT2D eigenvalue weighted by Gasteiger charge is -2.45. The predicted octanol–water partition coefficient (Wildman–Crippen LogP) is 3.88. The normalized spacial score (nSPS) is 29.5. The van der Waals surface area contributed by atoms with Crippen molar-refractivity contribution < 1.29 is 14.6 Å². The van der Waals surface area contributed by atoms with Crippen molar-refractivity contribution in [2.75, 3.05) is 6.54 Å². The van der Waals surface area contributed by atoms with Gasteiger partial charge in [0.15, 0.2) is 0 Å². The van der Waals surface area contributed by atoms with Gasteiger partial charge in [0, 0.05) is 13.0 Å². The molecule has 126 valence electrons.